The molecule has 0 N–H and O–H groups in total. The Bertz CT molecular complexity index is 1110. The van der Waals surface area contributed by atoms with Gasteiger partial charge in [0.15, 0.2) is 0 Å². The molecule has 0 aromatic heterocycles. The average molecular weight is 556 g/mol. The van der Waals surface area contributed by atoms with Crippen molar-refractivity contribution in [1.29, 1.82) is 0 Å². The van der Waals surface area contributed by atoms with Gasteiger partial charge in [0.05, 0.1) is 0 Å². The van der Waals surface area contributed by atoms with Crippen LogP contribution in [0.3, 0.4) is 0 Å². The quantitative estimate of drug-likeness (QED) is 0.354. The molecular formula is C30H34F2O2Zr. The summed E-state index contributed by atoms with van der Waals surface area (Å²) < 4.78 is 44.1. The number of benzene rings is 2. The summed E-state index contributed by atoms with van der Waals surface area (Å²) in [6.45, 7) is 13.2. The van der Waals surface area contributed by atoms with Gasteiger partial charge in [-0.25, -0.2) is 0 Å². The minimum absolute atomic E-state index is 0.114. The Labute approximate surface area is 213 Å². The molecule has 0 bridgehead atoms. The molecule has 0 radical (unpaired) electrons. The van der Waals surface area contributed by atoms with Crippen LogP contribution < -0.4 is 5.63 Å². The Hall–Kier alpha value is -2.26. The van der Waals surface area contributed by atoms with E-state index in [1.54, 1.807) is 24.3 Å². The molecule has 0 saturated heterocycles. The van der Waals surface area contributed by atoms with Crippen LogP contribution >= 0.6 is 0 Å². The second kappa shape index (κ2) is 9.66. The van der Waals surface area contributed by atoms with Crippen molar-refractivity contribution in [2.75, 3.05) is 0 Å². The summed E-state index contributed by atoms with van der Waals surface area (Å²) in [5, 5.41) is 0. The van der Waals surface area contributed by atoms with Crippen LogP contribution in [0.15, 0.2) is 90.5 Å². The third-order valence-corrected chi connectivity index (χ3v) is 15.2. The van der Waals surface area contributed by atoms with Gasteiger partial charge in [0.2, 0.25) is 0 Å². The number of hydrogen-bond donors (Lipinski definition) is 0. The van der Waals surface area contributed by atoms with E-state index < -0.39 is 21.1 Å². The maximum atomic E-state index is 13.8. The van der Waals surface area contributed by atoms with Gasteiger partial charge in [-0.1, -0.05) is 0 Å². The fraction of sp³-hybridized carbons (Fsp3) is 0.333. The standard InChI is InChI=1S/2C9H13.2C6H5FO.Zr/c2*1-9(2,3)8-6-4-5-7-8;2*7-5-1-3-6(8)4-2-5;/h2*4,6H,5H2,1-3H3;2*1-4,8H;/q;;;;+2/p-2. The number of allylic oxidation sites excluding steroid dienone is 8. The first-order chi connectivity index (χ1) is 16.4. The molecule has 0 heterocycles. The molecule has 184 valence electrons. The molecule has 0 atom stereocenters. The van der Waals surface area contributed by atoms with E-state index in [2.05, 4.69) is 65.8 Å². The molecule has 0 amide bonds. The Balaban J connectivity index is 2.02. The zero-order valence-electron chi connectivity index (χ0n) is 21.4. The average Bonchev–Trinajstić information content (AvgIpc) is 3.46. The minimum atomic E-state index is -4.48. The third kappa shape index (κ3) is 5.46. The van der Waals surface area contributed by atoms with Crippen molar-refractivity contribution < 1.29 is 35.6 Å². The zero-order valence-corrected chi connectivity index (χ0v) is 23.9. The monoisotopic (exact) mass is 554 g/mol. The topological polar surface area (TPSA) is 18.5 Å². The molecule has 0 fully saturated rings. The summed E-state index contributed by atoms with van der Waals surface area (Å²) >= 11 is -4.48. The van der Waals surface area contributed by atoms with Crippen LogP contribution in [0.1, 0.15) is 54.4 Å². The van der Waals surface area contributed by atoms with Crippen LogP contribution in [0.25, 0.3) is 0 Å². The van der Waals surface area contributed by atoms with Gasteiger partial charge >= 0.3 is 214 Å². The van der Waals surface area contributed by atoms with E-state index in [9.17, 15) is 8.78 Å². The number of hydrogen-bond acceptors (Lipinski definition) is 2. The fourth-order valence-electron chi connectivity index (χ4n) is 4.83. The molecule has 35 heavy (non-hydrogen) atoms. The van der Waals surface area contributed by atoms with Crippen molar-refractivity contribution in [1.82, 2.24) is 0 Å². The van der Waals surface area contributed by atoms with Gasteiger partial charge in [-0.05, 0) is 0 Å². The van der Waals surface area contributed by atoms with Crippen molar-refractivity contribution in [2.45, 2.75) is 54.4 Å². The molecule has 2 aromatic carbocycles. The van der Waals surface area contributed by atoms with Gasteiger partial charge in [0, 0.05) is 0 Å². The molecule has 0 unspecified atom stereocenters. The molecule has 5 heteroatoms. The van der Waals surface area contributed by atoms with Gasteiger partial charge in [-0.15, -0.1) is 0 Å². The van der Waals surface area contributed by atoms with Crippen LogP contribution in [0.5, 0.6) is 11.5 Å². The second-order valence-corrected chi connectivity index (χ2v) is 18.2. The van der Waals surface area contributed by atoms with E-state index in [0.29, 0.717) is 11.5 Å². The van der Waals surface area contributed by atoms with Crippen molar-refractivity contribution in [3.05, 3.63) is 102 Å². The zero-order chi connectivity index (χ0) is 25.4. The molecule has 0 aliphatic heterocycles. The first-order valence-corrected chi connectivity index (χ1v) is 16.6. The van der Waals surface area contributed by atoms with Crippen molar-refractivity contribution in [3.8, 4) is 11.5 Å². The Morgan fingerprint density at radius 1 is 0.600 bits per heavy atom. The number of rotatable bonds is 6. The maximum absolute atomic E-state index is 13.8. The van der Waals surface area contributed by atoms with Crippen LogP contribution in [0, 0.1) is 22.5 Å². The summed E-state index contributed by atoms with van der Waals surface area (Å²) in [7, 11) is 0. The van der Waals surface area contributed by atoms with Crippen molar-refractivity contribution >= 4 is 0 Å². The van der Waals surface area contributed by atoms with Gasteiger partial charge in [0.25, 0.3) is 0 Å². The predicted octanol–water partition coefficient (Wildman–Crippen LogP) is 8.93. The summed E-state index contributed by atoms with van der Waals surface area (Å²) in [6, 6.07) is 12.4. The molecule has 2 aromatic rings. The van der Waals surface area contributed by atoms with Crippen LogP contribution in [0.2, 0.25) is 0 Å². The van der Waals surface area contributed by atoms with Crippen molar-refractivity contribution in [3.63, 3.8) is 0 Å². The van der Waals surface area contributed by atoms with Gasteiger partial charge < -0.3 is 0 Å². The van der Waals surface area contributed by atoms with E-state index in [4.69, 9.17) is 5.63 Å². The van der Waals surface area contributed by atoms with Crippen LogP contribution in [0.4, 0.5) is 8.78 Å². The predicted molar refractivity (Wildman–Crippen MR) is 135 cm³/mol. The summed E-state index contributed by atoms with van der Waals surface area (Å²) in [4.78, 5) is 0. The molecule has 0 saturated carbocycles. The number of halogens is 2. The summed E-state index contributed by atoms with van der Waals surface area (Å²) in [5.41, 5.74) is 2.23. The molecule has 0 spiro atoms. The van der Waals surface area contributed by atoms with Crippen LogP contribution in [-0.4, -0.2) is 0 Å². The van der Waals surface area contributed by atoms with E-state index in [1.165, 1.54) is 42.0 Å². The van der Waals surface area contributed by atoms with E-state index in [0.717, 1.165) is 12.8 Å². The third-order valence-electron chi connectivity index (χ3n) is 6.42. The SMILES string of the molecule is CC(C)(C)C1=[C]([Zr]([O]c2ccc(F)cc2)([O]c2ccc(F)cc2)[C]2=C(C(C)(C)C)C=CC2)CC=C1. The van der Waals surface area contributed by atoms with E-state index in [-0.39, 0.29) is 22.5 Å². The Kier molecular flexibility index (Phi) is 7.12. The fourth-order valence-corrected chi connectivity index (χ4v) is 15.2. The molecule has 2 aliphatic rings. The van der Waals surface area contributed by atoms with Gasteiger partial charge in [-0.2, -0.15) is 0 Å². The molecular weight excluding hydrogens is 522 g/mol. The Morgan fingerprint density at radius 2 is 0.943 bits per heavy atom. The normalized spacial score (nSPS) is 16.5. The first kappa shape index (κ1) is 25.8. The molecule has 4 rings (SSSR count). The van der Waals surface area contributed by atoms with Gasteiger partial charge in [0.1, 0.15) is 0 Å². The summed E-state index contributed by atoms with van der Waals surface area (Å²) in [5.74, 6) is 0.549. The van der Waals surface area contributed by atoms with E-state index >= 15 is 0 Å². The van der Waals surface area contributed by atoms with Gasteiger partial charge in [-0.3, -0.25) is 0 Å². The second-order valence-electron chi connectivity index (χ2n) is 11.2. The summed E-state index contributed by atoms with van der Waals surface area (Å²) in [6.07, 6.45) is 10.2. The Morgan fingerprint density at radius 3 is 1.26 bits per heavy atom. The van der Waals surface area contributed by atoms with Crippen molar-refractivity contribution in [2.24, 2.45) is 10.8 Å². The molecule has 2 nitrogen and oxygen atoms in total. The van der Waals surface area contributed by atoms with Crippen LogP contribution in [-0.2, 0) is 21.1 Å². The molecule has 2 aliphatic carbocycles. The first-order valence-electron chi connectivity index (χ1n) is 12.1. The van der Waals surface area contributed by atoms with E-state index in [1.807, 2.05) is 0 Å².